The summed E-state index contributed by atoms with van der Waals surface area (Å²) in [6.07, 6.45) is 2.31. The maximum Gasteiger partial charge on any atom is 0.124 e. The standard InChI is InChI=1S/C16H14ClNOS/c17-14-6-3-4-12(8-14)9-15(20)11-18-10-13-5-1-2-7-16(13)19/h1-8,10,19H,9,11H2. The Morgan fingerprint density at radius 1 is 1.20 bits per heavy atom. The topological polar surface area (TPSA) is 32.6 Å². The lowest BCUT2D eigenvalue weighted by molar-refractivity contribution is 0.474. The first-order valence-corrected chi connectivity index (χ1v) is 6.98. The Morgan fingerprint density at radius 2 is 2.00 bits per heavy atom. The van der Waals surface area contributed by atoms with E-state index in [1.165, 1.54) is 0 Å². The second-order valence-electron chi connectivity index (χ2n) is 4.37. The van der Waals surface area contributed by atoms with Gasteiger partial charge in [0.15, 0.2) is 0 Å². The zero-order valence-corrected chi connectivity index (χ0v) is 12.4. The molecular weight excluding hydrogens is 290 g/mol. The van der Waals surface area contributed by atoms with E-state index in [-0.39, 0.29) is 5.75 Å². The van der Waals surface area contributed by atoms with E-state index < -0.39 is 0 Å². The fourth-order valence-electron chi connectivity index (χ4n) is 1.77. The van der Waals surface area contributed by atoms with Crippen LogP contribution in [0.2, 0.25) is 5.02 Å². The summed E-state index contributed by atoms with van der Waals surface area (Å²) in [7, 11) is 0. The number of rotatable bonds is 5. The molecule has 0 aliphatic heterocycles. The van der Waals surface area contributed by atoms with Gasteiger partial charge in [0.25, 0.3) is 0 Å². The second-order valence-corrected chi connectivity index (χ2v) is 5.39. The zero-order chi connectivity index (χ0) is 14.4. The summed E-state index contributed by atoms with van der Waals surface area (Å²) in [6, 6.07) is 14.7. The van der Waals surface area contributed by atoms with Crippen molar-refractivity contribution in [3.05, 3.63) is 64.7 Å². The SMILES string of the molecule is Oc1ccccc1C=NCC(=S)Cc1cccc(Cl)c1. The van der Waals surface area contributed by atoms with Crippen LogP contribution in [0.4, 0.5) is 0 Å². The highest BCUT2D eigenvalue weighted by Crippen LogP contribution is 2.13. The van der Waals surface area contributed by atoms with Crippen molar-refractivity contribution in [2.45, 2.75) is 6.42 Å². The molecule has 0 fully saturated rings. The summed E-state index contributed by atoms with van der Waals surface area (Å²) in [5.41, 5.74) is 1.78. The Kier molecular flexibility index (Phi) is 5.27. The first kappa shape index (κ1) is 14.7. The quantitative estimate of drug-likeness (QED) is 0.667. The Hall–Kier alpha value is -1.71. The maximum absolute atomic E-state index is 9.60. The fourth-order valence-corrected chi connectivity index (χ4v) is 2.23. The van der Waals surface area contributed by atoms with Crippen molar-refractivity contribution < 1.29 is 5.11 Å². The maximum atomic E-state index is 9.60. The van der Waals surface area contributed by atoms with Gasteiger partial charge in [-0.15, -0.1) is 0 Å². The molecule has 0 aliphatic carbocycles. The predicted molar refractivity (Wildman–Crippen MR) is 88.3 cm³/mol. The minimum Gasteiger partial charge on any atom is -0.507 e. The Bertz CT molecular complexity index is 640. The molecule has 4 heteroatoms. The lowest BCUT2D eigenvalue weighted by atomic mass is 10.1. The number of phenolic OH excluding ortho intramolecular Hbond substituents is 1. The van der Waals surface area contributed by atoms with Gasteiger partial charge in [0.05, 0.1) is 6.54 Å². The summed E-state index contributed by atoms with van der Waals surface area (Å²) < 4.78 is 0. The lowest BCUT2D eigenvalue weighted by Gasteiger charge is -2.02. The van der Waals surface area contributed by atoms with E-state index in [1.807, 2.05) is 30.3 Å². The summed E-state index contributed by atoms with van der Waals surface area (Å²) in [5, 5.41) is 10.3. The smallest absolute Gasteiger partial charge is 0.124 e. The summed E-state index contributed by atoms with van der Waals surface area (Å²) in [4.78, 5) is 5.09. The number of hydrogen-bond acceptors (Lipinski definition) is 3. The van der Waals surface area contributed by atoms with Gasteiger partial charge in [-0.3, -0.25) is 4.99 Å². The molecule has 0 aliphatic rings. The van der Waals surface area contributed by atoms with E-state index in [9.17, 15) is 5.11 Å². The number of para-hydroxylation sites is 1. The normalized spacial score (nSPS) is 10.8. The van der Waals surface area contributed by atoms with Crippen molar-refractivity contribution in [2.24, 2.45) is 4.99 Å². The molecule has 2 aromatic rings. The molecule has 0 atom stereocenters. The van der Waals surface area contributed by atoms with Gasteiger partial charge < -0.3 is 5.11 Å². The van der Waals surface area contributed by atoms with Crippen LogP contribution in [0.3, 0.4) is 0 Å². The summed E-state index contributed by atoms with van der Waals surface area (Å²) in [5.74, 6) is 0.219. The van der Waals surface area contributed by atoms with Crippen LogP contribution in [0.25, 0.3) is 0 Å². The molecule has 0 heterocycles. The van der Waals surface area contributed by atoms with Gasteiger partial charge in [-0.25, -0.2) is 0 Å². The highest BCUT2D eigenvalue weighted by molar-refractivity contribution is 7.80. The summed E-state index contributed by atoms with van der Waals surface area (Å²) in [6.45, 7) is 0.455. The van der Waals surface area contributed by atoms with E-state index in [2.05, 4.69) is 4.99 Å². The van der Waals surface area contributed by atoms with Gasteiger partial charge in [-0.1, -0.05) is 48.1 Å². The third-order valence-electron chi connectivity index (χ3n) is 2.73. The molecule has 0 bridgehead atoms. The van der Waals surface area contributed by atoms with Crippen LogP contribution in [0.1, 0.15) is 11.1 Å². The van der Waals surface area contributed by atoms with Crippen LogP contribution < -0.4 is 0 Å². The first-order chi connectivity index (χ1) is 9.65. The van der Waals surface area contributed by atoms with Gasteiger partial charge >= 0.3 is 0 Å². The van der Waals surface area contributed by atoms with Crippen LogP contribution >= 0.6 is 23.8 Å². The van der Waals surface area contributed by atoms with Crippen LogP contribution in [0.15, 0.2) is 53.5 Å². The molecule has 0 amide bonds. The van der Waals surface area contributed by atoms with Crippen LogP contribution in [-0.4, -0.2) is 22.7 Å². The molecule has 1 N–H and O–H groups in total. The zero-order valence-electron chi connectivity index (χ0n) is 10.8. The van der Waals surface area contributed by atoms with Gasteiger partial charge in [0.1, 0.15) is 5.75 Å². The number of phenols is 1. The molecule has 20 heavy (non-hydrogen) atoms. The van der Waals surface area contributed by atoms with Crippen molar-refractivity contribution in [1.82, 2.24) is 0 Å². The Balaban J connectivity index is 1.91. The largest absolute Gasteiger partial charge is 0.507 e. The van der Waals surface area contributed by atoms with E-state index in [4.69, 9.17) is 23.8 Å². The highest BCUT2D eigenvalue weighted by Gasteiger charge is 2.00. The number of nitrogens with zero attached hydrogens (tertiary/aromatic N) is 1. The van der Waals surface area contributed by atoms with Gasteiger partial charge in [-0.2, -0.15) is 0 Å². The van der Waals surface area contributed by atoms with Crippen molar-refractivity contribution in [1.29, 1.82) is 0 Å². The Labute approximate surface area is 128 Å². The number of aliphatic imine (C=N–C) groups is 1. The van der Waals surface area contributed by atoms with Crippen LogP contribution in [0.5, 0.6) is 5.75 Å². The van der Waals surface area contributed by atoms with E-state index in [1.54, 1.807) is 24.4 Å². The fraction of sp³-hybridized carbons (Fsp3) is 0.125. The number of thiocarbonyl (C=S) groups is 1. The van der Waals surface area contributed by atoms with Crippen molar-refractivity contribution in [2.75, 3.05) is 6.54 Å². The number of benzene rings is 2. The first-order valence-electron chi connectivity index (χ1n) is 6.19. The number of hydrogen-bond donors (Lipinski definition) is 1. The third kappa shape index (κ3) is 4.44. The third-order valence-corrected chi connectivity index (χ3v) is 3.23. The lowest BCUT2D eigenvalue weighted by Crippen LogP contribution is -2.04. The minimum absolute atomic E-state index is 0.219. The second kappa shape index (κ2) is 7.17. The summed E-state index contributed by atoms with van der Waals surface area (Å²) >= 11 is 11.2. The number of aromatic hydroxyl groups is 1. The van der Waals surface area contributed by atoms with Crippen LogP contribution in [0, 0.1) is 0 Å². The number of halogens is 1. The predicted octanol–water partition coefficient (Wildman–Crippen LogP) is 4.08. The van der Waals surface area contributed by atoms with E-state index in [0.29, 0.717) is 23.6 Å². The average molecular weight is 304 g/mol. The molecule has 102 valence electrons. The molecule has 0 unspecified atom stereocenters. The molecule has 2 aromatic carbocycles. The van der Waals surface area contributed by atoms with Crippen LogP contribution in [-0.2, 0) is 6.42 Å². The van der Waals surface area contributed by atoms with E-state index >= 15 is 0 Å². The molecule has 0 aromatic heterocycles. The van der Waals surface area contributed by atoms with Gasteiger partial charge in [0.2, 0.25) is 0 Å². The van der Waals surface area contributed by atoms with Crippen molar-refractivity contribution in [3.63, 3.8) is 0 Å². The molecule has 0 saturated heterocycles. The molecule has 2 rings (SSSR count). The van der Waals surface area contributed by atoms with Crippen molar-refractivity contribution in [3.8, 4) is 5.75 Å². The van der Waals surface area contributed by atoms with Gasteiger partial charge in [-0.05, 0) is 29.8 Å². The highest BCUT2D eigenvalue weighted by atomic mass is 35.5. The average Bonchev–Trinajstić information content (AvgIpc) is 2.41. The minimum atomic E-state index is 0.219. The van der Waals surface area contributed by atoms with E-state index in [0.717, 1.165) is 10.4 Å². The molecular formula is C16H14ClNOS. The molecule has 0 saturated carbocycles. The van der Waals surface area contributed by atoms with Gasteiger partial charge in [0, 0.05) is 28.1 Å². The Morgan fingerprint density at radius 3 is 2.75 bits per heavy atom. The molecule has 0 spiro atoms. The molecule has 2 nitrogen and oxygen atoms in total. The molecule has 0 radical (unpaired) electrons. The monoisotopic (exact) mass is 303 g/mol. The van der Waals surface area contributed by atoms with Crippen molar-refractivity contribution >= 4 is 34.9 Å².